The predicted octanol–water partition coefficient (Wildman–Crippen LogP) is 5.90. The molecule has 2 fully saturated rings. The summed E-state index contributed by atoms with van der Waals surface area (Å²) >= 11 is 0. The molecule has 2 saturated heterocycles. The van der Waals surface area contributed by atoms with E-state index in [2.05, 4.69) is 10.6 Å². The van der Waals surface area contributed by atoms with Crippen LogP contribution in [0.1, 0.15) is 34.6 Å². The van der Waals surface area contributed by atoms with Crippen LogP contribution in [0, 0.1) is 0 Å². The third-order valence-electron chi connectivity index (χ3n) is 8.67. The van der Waals surface area contributed by atoms with Gasteiger partial charge in [-0.3, -0.25) is 9.59 Å². The van der Waals surface area contributed by atoms with Gasteiger partial charge in [0.1, 0.15) is 11.2 Å². The largest absolute Gasteiger partial charge is 0.445 e. The van der Waals surface area contributed by atoms with Gasteiger partial charge in [-0.25, -0.2) is 9.59 Å². The zero-order valence-corrected chi connectivity index (χ0v) is 26.2. The number of hydrogen-bond acceptors (Lipinski definition) is 8. The van der Waals surface area contributed by atoms with Gasteiger partial charge in [0.15, 0.2) is 0 Å². The molecule has 0 radical (unpaired) electrons. The number of anilines is 2. The molecule has 2 amide bonds. The second-order valence-electron chi connectivity index (χ2n) is 12.4. The second kappa shape index (κ2) is 12.2. The molecular formula is C38H32N2O8. The first-order chi connectivity index (χ1) is 23.1. The van der Waals surface area contributed by atoms with Gasteiger partial charge in [0.25, 0.3) is 11.8 Å². The van der Waals surface area contributed by atoms with E-state index in [1.54, 1.807) is 62.4 Å². The predicted molar refractivity (Wildman–Crippen MR) is 179 cm³/mol. The van der Waals surface area contributed by atoms with Gasteiger partial charge in [0.2, 0.25) is 12.2 Å². The highest BCUT2D eigenvalue weighted by molar-refractivity contribution is 6.07. The Balaban J connectivity index is 1.02. The second-order valence-corrected chi connectivity index (χ2v) is 12.4. The first-order valence-electron chi connectivity index (χ1n) is 15.5. The van der Waals surface area contributed by atoms with E-state index in [1.807, 2.05) is 60.7 Å². The van der Waals surface area contributed by atoms with Crippen molar-refractivity contribution >= 4 is 56.7 Å². The van der Waals surface area contributed by atoms with E-state index in [4.69, 9.17) is 18.9 Å². The topological polar surface area (TPSA) is 136 Å². The first-order valence-corrected chi connectivity index (χ1v) is 15.5. The first kappa shape index (κ1) is 31.0. The van der Waals surface area contributed by atoms with Crippen molar-refractivity contribution in [3.63, 3.8) is 0 Å². The molecule has 2 N–H and O–H groups in total. The molecule has 0 bridgehead atoms. The molecule has 0 unspecified atom stereocenters. The Morgan fingerprint density at radius 1 is 0.562 bits per heavy atom. The standard InChI is InChI=1S/C38H32N2O8/c1-37(21-45-37)31(47-35(43)29-15-7-11-23-9-3-5-13-27(23)29)33(41)39-25-17-19-26(20-18-25)40-34(42)32(38(2)22-46-38)48-36(44)30-16-8-12-24-10-4-6-14-28(24)30/h3-20,31-32H,21-22H2,1-2H3,(H,39,41)(H,40,42)/t31-,32-,37+,38+/m1/s1. The summed E-state index contributed by atoms with van der Waals surface area (Å²) in [5.41, 5.74) is -0.409. The van der Waals surface area contributed by atoms with E-state index in [1.165, 1.54) is 0 Å². The summed E-state index contributed by atoms with van der Waals surface area (Å²) in [7, 11) is 0. The monoisotopic (exact) mass is 644 g/mol. The summed E-state index contributed by atoms with van der Waals surface area (Å²) in [6, 6.07) is 31.9. The van der Waals surface area contributed by atoms with Crippen molar-refractivity contribution in [1.29, 1.82) is 0 Å². The van der Waals surface area contributed by atoms with Crippen molar-refractivity contribution in [2.75, 3.05) is 23.8 Å². The summed E-state index contributed by atoms with van der Waals surface area (Å²) in [6.45, 7) is 3.93. The number of rotatable bonds is 10. The molecular weight excluding hydrogens is 612 g/mol. The summed E-state index contributed by atoms with van der Waals surface area (Å²) in [5.74, 6) is -2.38. The molecule has 0 saturated carbocycles. The highest BCUT2D eigenvalue weighted by Gasteiger charge is 2.54. The molecule has 0 aliphatic carbocycles. The highest BCUT2D eigenvalue weighted by Crippen LogP contribution is 2.35. The maximum absolute atomic E-state index is 13.4. The van der Waals surface area contributed by atoms with Gasteiger partial charge in [-0.05, 0) is 71.8 Å². The zero-order valence-electron chi connectivity index (χ0n) is 26.2. The number of esters is 2. The molecule has 2 aliphatic heterocycles. The van der Waals surface area contributed by atoms with Gasteiger partial charge < -0.3 is 29.6 Å². The number of amides is 2. The normalized spacial score (nSPS) is 20.7. The van der Waals surface area contributed by atoms with E-state index >= 15 is 0 Å². The van der Waals surface area contributed by atoms with E-state index in [-0.39, 0.29) is 13.2 Å². The van der Waals surface area contributed by atoms with Crippen LogP contribution in [0.15, 0.2) is 109 Å². The minimum Gasteiger partial charge on any atom is -0.445 e. The number of carbonyl (C=O) groups excluding carboxylic acids is 4. The number of epoxide rings is 2. The van der Waals surface area contributed by atoms with Crippen LogP contribution in [-0.2, 0) is 28.5 Å². The van der Waals surface area contributed by atoms with Crippen molar-refractivity contribution in [2.24, 2.45) is 0 Å². The maximum atomic E-state index is 13.4. The van der Waals surface area contributed by atoms with E-state index in [0.29, 0.717) is 22.5 Å². The van der Waals surface area contributed by atoms with Crippen molar-refractivity contribution in [1.82, 2.24) is 0 Å². The molecule has 0 spiro atoms. The van der Waals surface area contributed by atoms with E-state index < -0.39 is 47.2 Å². The molecule has 48 heavy (non-hydrogen) atoms. The van der Waals surface area contributed by atoms with Crippen LogP contribution < -0.4 is 10.6 Å². The minimum absolute atomic E-state index is 0.258. The smallest absolute Gasteiger partial charge is 0.339 e. The molecule has 0 aromatic heterocycles. The van der Waals surface area contributed by atoms with Crippen LogP contribution >= 0.6 is 0 Å². The van der Waals surface area contributed by atoms with Crippen molar-refractivity contribution in [2.45, 2.75) is 37.3 Å². The average molecular weight is 645 g/mol. The van der Waals surface area contributed by atoms with Gasteiger partial charge in [0.05, 0.1) is 24.3 Å². The quantitative estimate of drug-likeness (QED) is 0.142. The Kier molecular flexibility index (Phi) is 7.90. The fraction of sp³-hybridized carbons (Fsp3) is 0.211. The fourth-order valence-electron chi connectivity index (χ4n) is 5.64. The Morgan fingerprint density at radius 2 is 0.917 bits per heavy atom. The van der Waals surface area contributed by atoms with Crippen molar-refractivity contribution in [3.05, 3.63) is 120 Å². The Bertz CT molecular complexity index is 1910. The molecule has 5 aromatic carbocycles. The lowest BCUT2D eigenvalue weighted by Gasteiger charge is -2.22. The van der Waals surface area contributed by atoms with Gasteiger partial charge in [0, 0.05) is 11.4 Å². The van der Waals surface area contributed by atoms with Gasteiger partial charge in [-0.15, -0.1) is 0 Å². The lowest BCUT2D eigenvalue weighted by molar-refractivity contribution is -0.128. The molecule has 5 aromatic rings. The summed E-state index contributed by atoms with van der Waals surface area (Å²) in [6.07, 6.45) is -2.42. The van der Waals surface area contributed by atoms with Crippen LogP contribution in [0.2, 0.25) is 0 Å². The number of ether oxygens (including phenoxy) is 4. The Morgan fingerprint density at radius 3 is 1.29 bits per heavy atom. The number of hydrogen-bond donors (Lipinski definition) is 2. The van der Waals surface area contributed by atoms with E-state index in [9.17, 15) is 19.2 Å². The number of fused-ring (bicyclic) bond motifs is 2. The highest BCUT2D eigenvalue weighted by atomic mass is 16.6. The summed E-state index contributed by atoms with van der Waals surface area (Å²) in [5, 5.41) is 8.75. The third kappa shape index (κ3) is 6.23. The van der Waals surface area contributed by atoms with E-state index in [0.717, 1.165) is 21.5 Å². The molecule has 2 aliphatic rings. The number of carbonyl (C=O) groups is 4. The Labute approximate surface area is 275 Å². The van der Waals surface area contributed by atoms with Gasteiger partial charge in [-0.1, -0.05) is 72.8 Å². The maximum Gasteiger partial charge on any atom is 0.339 e. The van der Waals surface area contributed by atoms with Crippen LogP contribution in [0.3, 0.4) is 0 Å². The van der Waals surface area contributed by atoms with Crippen LogP contribution in [0.5, 0.6) is 0 Å². The Hall–Kier alpha value is -5.58. The average Bonchev–Trinajstić information content (AvgIpc) is 4.04. The molecule has 10 heteroatoms. The fourth-order valence-corrected chi connectivity index (χ4v) is 5.64. The minimum atomic E-state index is -1.21. The third-order valence-corrected chi connectivity index (χ3v) is 8.67. The van der Waals surface area contributed by atoms with Gasteiger partial charge >= 0.3 is 11.9 Å². The molecule has 10 nitrogen and oxygen atoms in total. The van der Waals surface area contributed by atoms with Crippen molar-refractivity contribution in [3.8, 4) is 0 Å². The van der Waals surface area contributed by atoms with Crippen LogP contribution in [0.25, 0.3) is 21.5 Å². The summed E-state index contributed by atoms with van der Waals surface area (Å²) < 4.78 is 22.5. The van der Waals surface area contributed by atoms with Crippen LogP contribution in [-0.4, -0.2) is 60.4 Å². The molecule has 2 heterocycles. The van der Waals surface area contributed by atoms with Crippen LogP contribution in [0.4, 0.5) is 11.4 Å². The molecule has 4 atom stereocenters. The lowest BCUT2D eigenvalue weighted by atomic mass is 10.0. The lowest BCUT2D eigenvalue weighted by Crippen LogP contribution is -2.43. The SMILES string of the molecule is C[C@@]1([C@H](OC(=O)c2cccc3ccccc23)C(=O)Nc2ccc(NC(=O)[C@@H](OC(=O)c3cccc4ccccc34)[C@]3(C)CO3)cc2)CO1. The zero-order chi connectivity index (χ0) is 33.5. The number of benzene rings is 5. The number of nitrogens with one attached hydrogen (secondary N) is 2. The summed E-state index contributed by atoms with van der Waals surface area (Å²) in [4.78, 5) is 53.3. The van der Waals surface area contributed by atoms with Crippen molar-refractivity contribution < 1.29 is 38.1 Å². The molecule has 242 valence electrons. The molecule has 7 rings (SSSR count). The van der Waals surface area contributed by atoms with Gasteiger partial charge in [-0.2, -0.15) is 0 Å².